The predicted molar refractivity (Wildman–Crippen MR) is 95.2 cm³/mol. The Morgan fingerprint density at radius 2 is 2.12 bits per heavy atom. The third-order valence-electron chi connectivity index (χ3n) is 4.01. The van der Waals surface area contributed by atoms with Crippen LogP contribution < -0.4 is 10.5 Å². The molecule has 0 aliphatic carbocycles. The molecule has 0 unspecified atom stereocenters. The lowest BCUT2D eigenvalue weighted by Crippen LogP contribution is -2.36. The number of benzene rings is 1. The van der Waals surface area contributed by atoms with E-state index in [0.29, 0.717) is 34.1 Å². The first-order valence-electron chi connectivity index (χ1n) is 7.74. The van der Waals surface area contributed by atoms with Gasteiger partial charge in [0.05, 0.1) is 19.8 Å². The van der Waals surface area contributed by atoms with Crippen LogP contribution in [0.1, 0.15) is 5.56 Å². The monoisotopic (exact) mass is 380 g/mol. The summed E-state index contributed by atoms with van der Waals surface area (Å²) < 4.78 is 21.5. The summed E-state index contributed by atoms with van der Waals surface area (Å²) in [5, 5.41) is 1.21. The molecule has 0 N–H and O–H groups in total. The van der Waals surface area contributed by atoms with Crippen LogP contribution in [0, 0.1) is 5.82 Å². The van der Waals surface area contributed by atoms with E-state index in [1.807, 2.05) is 0 Å². The molecule has 3 aromatic rings. The van der Waals surface area contributed by atoms with Crippen LogP contribution in [-0.2, 0) is 11.3 Å². The number of nitrogens with zero attached hydrogens (tertiary/aromatic N) is 4. The second kappa shape index (κ2) is 6.70. The van der Waals surface area contributed by atoms with Crippen molar-refractivity contribution in [1.82, 2.24) is 14.5 Å². The minimum absolute atomic E-state index is 0.197. The summed E-state index contributed by atoms with van der Waals surface area (Å²) in [5.74, 6) is -0.361. The molecule has 0 saturated carbocycles. The Bertz CT molecular complexity index is 984. The number of morpholine rings is 1. The van der Waals surface area contributed by atoms with E-state index >= 15 is 0 Å². The predicted octanol–water partition coefficient (Wildman–Crippen LogP) is 2.53. The lowest BCUT2D eigenvalue weighted by molar-refractivity contribution is 0.122. The van der Waals surface area contributed by atoms with Gasteiger partial charge >= 0.3 is 0 Å². The van der Waals surface area contributed by atoms with Crippen molar-refractivity contribution < 1.29 is 9.13 Å². The highest BCUT2D eigenvalue weighted by Gasteiger charge is 2.19. The molecule has 3 heterocycles. The summed E-state index contributed by atoms with van der Waals surface area (Å²) in [4.78, 5) is 22.7. The zero-order chi connectivity index (χ0) is 17.4. The van der Waals surface area contributed by atoms with Gasteiger partial charge in [0.25, 0.3) is 5.56 Å². The fourth-order valence-electron chi connectivity index (χ4n) is 2.72. The Morgan fingerprint density at radius 3 is 2.92 bits per heavy atom. The highest BCUT2D eigenvalue weighted by molar-refractivity contribution is 7.22. The highest BCUT2D eigenvalue weighted by atomic mass is 35.5. The van der Waals surface area contributed by atoms with Crippen molar-refractivity contribution in [2.45, 2.75) is 6.54 Å². The molecule has 4 rings (SSSR count). The van der Waals surface area contributed by atoms with Gasteiger partial charge in [0, 0.05) is 23.7 Å². The van der Waals surface area contributed by atoms with Crippen molar-refractivity contribution in [3.05, 3.63) is 51.3 Å². The van der Waals surface area contributed by atoms with E-state index < -0.39 is 0 Å². The second-order valence-electron chi connectivity index (χ2n) is 5.66. The molecule has 1 aliphatic rings. The van der Waals surface area contributed by atoms with Crippen LogP contribution in [0.2, 0.25) is 5.02 Å². The van der Waals surface area contributed by atoms with Gasteiger partial charge in [0.15, 0.2) is 10.8 Å². The number of halogens is 2. The summed E-state index contributed by atoms with van der Waals surface area (Å²) in [6.07, 6.45) is 1.40. The molecule has 0 amide bonds. The maximum Gasteiger partial charge on any atom is 0.292 e. The van der Waals surface area contributed by atoms with E-state index in [4.69, 9.17) is 16.3 Å². The fraction of sp³-hybridized carbons (Fsp3) is 0.312. The van der Waals surface area contributed by atoms with Crippen LogP contribution in [-0.4, -0.2) is 40.8 Å². The molecule has 0 radical (unpaired) electrons. The van der Waals surface area contributed by atoms with Crippen molar-refractivity contribution in [1.29, 1.82) is 0 Å². The number of fused-ring (bicyclic) bond motifs is 1. The highest BCUT2D eigenvalue weighted by Crippen LogP contribution is 2.27. The van der Waals surface area contributed by atoms with Gasteiger partial charge < -0.3 is 14.2 Å². The number of ether oxygens (including phenoxy) is 1. The topological polar surface area (TPSA) is 60.2 Å². The van der Waals surface area contributed by atoms with Gasteiger partial charge in [0.2, 0.25) is 0 Å². The maximum absolute atomic E-state index is 14.0. The molecular weight excluding hydrogens is 367 g/mol. The zero-order valence-electron chi connectivity index (χ0n) is 13.1. The lowest BCUT2D eigenvalue weighted by Gasteiger charge is -2.25. The van der Waals surface area contributed by atoms with Gasteiger partial charge in [-0.15, -0.1) is 0 Å². The normalized spacial score (nSPS) is 15.0. The Morgan fingerprint density at radius 1 is 1.32 bits per heavy atom. The molecule has 1 aliphatic heterocycles. The molecule has 9 heteroatoms. The van der Waals surface area contributed by atoms with E-state index in [0.717, 1.165) is 18.2 Å². The van der Waals surface area contributed by atoms with Crippen LogP contribution >= 0.6 is 22.9 Å². The SMILES string of the molecule is O=c1ncn(Cc2cc(Cl)ccc2F)c2nc(N3CCOCC3)sc12. The summed E-state index contributed by atoms with van der Waals surface area (Å²) in [6, 6.07) is 4.39. The Kier molecular flexibility index (Phi) is 4.41. The van der Waals surface area contributed by atoms with Crippen molar-refractivity contribution >= 4 is 38.4 Å². The van der Waals surface area contributed by atoms with Gasteiger partial charge in [-0.3, -0.25) is 4.79 Å². The molecule has 1 saturated heterocycles. The van der Waals surface area contributed by atoms with Crippen molar-refractivity contribution in [2.24, 2.45) is 0 Å². The van der Waals surface area contributed by atoms with E-state index in [1.54, 1.807) is 10.6 Å². The molecule has 25 heavy (non-hydrogen) atoms. The standard InChI is InChI=1S/C16H14ClFN4O2S/c17-11-1-2-12(18)10(7-11)8-22-9-19-15(23)13-14(22)20-16(25-13)21-3-5-24-6-4-21/h1-2,7,9H,3-6,8H2. The van der Waals surface area contributed by atoms with Crippen molar-refractivity contribution in [3.63, 3.8) is 0 Å². The number of aromatic nitrogens is 3. The third-order valence-corrected chi connectivity index (χ3v) is 5.34. The molecule has 6 nitrogen and oxygen atoms in total. The van der Waals surface area contributed by atoms with Gasteiger partial charge in [-0.1, -0.05) is 22.9 Å². The second-order valence-corrected chi connectivity index (χ2v) is 7.08. The molecule has 0 bridgehead atoms. The molecule has 0 atom stereocenters. The Hall–Kier alpha value is -2.03. The number of hydrogen-bond acceptors (Lipinski definition) is 6. The molecule has 2 aromatic heterocycles. The minimum Gasteiger partial charge on any atom is -0.378 e. The smallest absolute Gasteiger partial charge is 0.292 e. The van der Waals surface area contributed by atoms with E-state index in [9.17, 15) is 9.18 Å². The number of anilines is 1. The summed E-state index contributed by atoms with van der Waals surface area (Å²) in [6.45, 7) is 2.91. The summed E-state index contributed by atoms with van der Waals surface area (Å²) >= 11 is 7.26. The van der Waals surface area contributed by atoms with Gasteiger partial charge in [-0.2, -0.15) is 4.98 Å². The quantitative estimate of drug-likeness (QED) is 0.698. The number of thiazole rings is 1. The number of rotatable bonds is 3. The average Bonchev–Trinajstić information content (AvgIpc) is 3.08. The van der Waals surface area contributed by atoms with E-state index in [2.05, 4.69) is 14.9 Å². The van der Waals surface area contributed by atoms with Crippen LogP contribution in [0.3, 0.4) is 0 Å². The Labute approximate surface area is 151 Å². The minimum atomic E-state index is -0.361. The molecule has 1 fully saturated rings. The van der Waals surface area contributed by atoms with Gasteiger partial charge in [0.1, 0.15) is 16.8 Å². The largest absolute Gasteiger partial charge is 0.378 e. The molecular formula is C16H14ClFN4O2S. The van der Waals surface area contributed by atoms with Crippen LogP contribution in [0.5, 0.6) is 0 Å². The molecule has 1 aromatic carbocycles. The fourth-order valence-corrected chi connectivity index (χ4v) is 3.94. The first-order chi connectivity index (χ1) is 12.1. The van der Waals surface area contributed by atoms with Crippen LogP contribution in [0.25, 0.3) is 10.3 Å². The number of hydrogen-bond donors (Lipinski definition) is 0. The third kappa shape index (κ3) is 3.24. The maximum atomic E-state index is 14.0. The first kappa shape index (κ1) is 16.4. The summed E-state index contributed by atoms with van der Waals surface area (Å²) in [7, 11) is 0. The molecule has 130 valence electrons. The average molecular weight is 381 g/mol. The summed E-state index contributed by atoms with van der Waals surface area (Å²) in [5.41, 5.74) is 0.598. The zero-order valence-corrected chi connectivity index (χ0v) is 14.7. The van der Waals surface area contributed by atoms with Gasteiger partial charge in [-0.05, 0) is 18.2 Å². The van der Waals surface area contributed by atoms with Crippen LogP contribution in [0.4, 0.5) is 9.52 Å². The first-order valence-corrected chi connectivity index (χ1v) is 8.94. The van der Waals surface area contributed by atoms with Crippen molar-refractivity contribution in [2.75, 3.05) is 31.2 Å². The Balaban J connectivity index is 1.76. The van der Waals surface area contributed by atoms with E-state index in [-0.39, 0.29) is 17.9 Å². The van der Waals surface area contributed by atoms with Gasteiger partial charge in [-0.25, -0.2) is 9.37 Å². The van der Waals surface area contributed by atoms with Crippen LogP contribution in [0.15, 0.2) is 29.3 Å². The lowest BCUT2D eigenvalue weighted by atomic mass is 10.2. The van der Waals surface area contributed by atoms with E-state index in [1.165, 1.54) is 29.8 Å². The molecule has 0 spiro atoms. The van der Waals surface area contributed by atoms with Crippen molar-refractivity contribution in [3.8, 4) is 0 Å².